The zero-order valence-corrected chi connectivity index (χ0v) is 16.9. The van der Waals surface area contributed by atoms with E-state index < -0.39 is 26.6 Å². The highest BCUT2D eigenvalue weighted by Crippen LogP contribution is 2.20. The summed E-state index contributed by atoms with van der Waals surface area (Å²) in [4.78, 5) is 16.5. The molecule has 1 heterocycles. The van der Waals surface area contributed by atoms with Gasteiger partial charge in [-0.05, 0) is 56.9 Å². The molecule has 0 aliphatic heterocycles. The Hall–Kier alpha value is -0.960. The van der Waals surface area contributed by atoms with Gasteiger partial charge >= 0.3 is 5.97 Å². The van der Waals surface area contributed by atoms with E-state index in [-0.39, 0.29) is 12.5 Å². The van der Waals surface area contributed by atoms with Crippen molar-refractivity contribution in [2.24, 2.45) is 0 Å². The summed E-state index contributed by atoms with van der Waals surface area (Å²) in [5, 5.41) is 3.05. The van der Waals surface area contributed by atoms with Gasteiger partial charge in [-0.1, -0.05) is 0 Å². The monoisotopic (exact) mass is 375 g/mol. The van der Waals surface area contributed by atoms with Gasteiger partial charge in [0.05, 0.1) is 12.7 Å². The molecule has 24 heavy (non-hydrogen) atoms. The molecule has 138 valence electrons. The van der Waals surface area contributed by atoms with Crippen molar-refractivity contribution in [2.45, 2.75) is 56.0 Å². The molecule has 2 N–H and O–H groups in total. The Balaban J connectivity index is 2.81. The van der Waals surface area contributed by atoms with Crippen LogP contribution in [0.2, 0.25) is 0 Å². The third-order valence-corrected chi connectivity index (χ3v) is 5.35. The third kappa shape index (κ3) is 7.29. The summed E-state index contributed by atoms with van der Waals surface area (Å²) < 4.78 is 20.8. The molecule has 0 saturated heterocycles. The maximum atomic E-state index is 13.0. The molecule has 1 rings (SSSR count). The zero-order chi connectivity index (χ0) is 18.6. The molecule has 1 aromatic rings. The molecule has 1 atom stereocenters. The van der Waals surface area contributed by atoms with E-state index in [4.69, 9.17) is 4.74 Å². The van der Waals surface area contributed by atoms with E-state index in [1.165, 1.54) is 0 Å². The number of hydrogen-bond acceptors (Lipinski definition) is 6. The summed E-state index contributed by atoms with van der Waals surface area (Å²) in [6.07, 6.45) is 4.37. The van der Waals surface area contributed by atoms with Gasteiger partial charge in [0.25, 0.3) is 0 Å². The van der Waals surface area contributed by atoms with Gasteiger partial charge in [0, 0.05) is 28.3 Å². The van der Waals surface area contributed by atoms with Gasteiger partial charge < -0.3 is 4.74 Å². The summed E-state index contributed by atoms with van der Waals surface area (Å²) in [7, 11) is -2.87. The van der Waals surface area contributed by atoms with E-state index in [0.717, 1.165) is 0 Å². The van der Waals surface area contributed by atoms with Gasteiger partial charge in [0.15, 0.2) is 0 Å². The number of carbonyl (C=O) groups is 1. The molecule has 6 nitrogen and oxygen atoms in total. The number of aromatic nitrogens is 1. The van der Waals surface area contributed by atoms with Crippen LogP contribution in [0.1, 0.15) is 34.6 Å². The van der Waals surface area contributed by atoms with Crippen LogP contribution in [0.5, 0.6) is 0 Å². The van der Waals surface area contributed by atoms with E-state index in [9.17, 15) is 9.00 Å². The number of pyridine rings is 1. The Labute approximate surface area is 151 Å². The van der Waals surface area contributed by atoms with Crippen molar-refractivity contribution in [3.8, 4) is 0 Å². The standard InChI is InChI=1S/C16H29N3O3S2/c1-15(2,3)22-13(20)11-18-14(16(4,5)23)19-24(6,21)12-8-7-9-17-10-12/h7-10,14,18,23-24H,11H2,1-6H3,(H,19,21). The van der Waals surface area contributed by atoms with Crippen LogP contribution in [-0.4, -0.2) is 44.5 Å². The molecule has 0 bridgehead atoms. The van der Waals surface area contributed by atoms with E-state index >= 15 is 0 Å². The maximum absolute atomic E-state index is 13.0. The molecule has 0 saturated carbocycles. The molecule has 0 radical (unpaired) electrons. The molecule has 0 aromatic carbocycles. The normalized spacial score (nSPS) is 15.0. The molecular weight excluding hydrogens is 346 g/mol. The average molecular weight is 376 g/mol. The van der Waals surface area contributed by atoms with Gasteiger partial charge in [0.1, 0.15) is 5.60 Å². The summed E-state index contributed by atoms with van der Waals surface area (Å²) >= 11 is 4.55. The summed E-state index contributed by atoms with van der Waals surface area (Å²) in [5.74, 6) is -0.376. The van der Waals surface area contributed by atoms with E-state index in [2.05, 4.69) is 27.7 Å². The SMILES string of the molecule is CC(C)(C)OC(=O)CNC(N[SH](C)(=O)c1cccnc1)C(C)(C)S. The first-order valence-corrected chi connectivity index (χ1v) is 10.3. The summed E-state index contributed by atoms with van der Waals surface area (Å²) in [5.41, 5.74) is -0.548. The van der Waals surface area contributed by atoms with Crippen molar-refractivity contribution in [1.82, 2.24) is 15.0 Å². The number of nitrogens with one attached hydrogen (secondary N) is 2. The molecule has 1 unspecified atom stereocenters. The molecule has 0 aliphatic carbocycles. The smallest absolute Gasteiger partial charge is 0.320 e. The highest BCUT2D eigenvalue weighted by atomic mass is 32.3. The fraction of sp³-hybridized carbons (Fsp3) is 0.625. The lowest BCUT2D eigenvalue weighted by Gasteiger charge is -2.36. The lowest BCUT2D eigenvalue weighted by Crippen LogP contribution is -2.58. The van der Waals surface area contributed by atoms with Crippen molar-refractivity contribution >= 4 is 28.7 Å². The number of thiol groups is 2. The quantitative estimate of drug-likeness (QED) is 0.330. The fourth-order valence-corrected chi connectivity index (χ4v) is 3.91. The van der Waals surface area contributed by atoms with Gasteiger partial charge in [0.2, 0.25) is 0 Å². The van der Waals surface area contributed by atoms with Crippen molar-refractivity contribution in [3.63, 3.8) is 0 Å². The number of carbonyl (C=O) groups excluding carboxylic acids is 1. The molecule has 1 aromatic heterocycles. The van der Waals surface area contributed by atoms with Crippen LogP contribution in [-0.2, 0) is 19.7 Å². The first kappa shape index (κ1) is 21.1. The molecule has 8 heteroatoms. The highest BCUT2D eigenvalue weighted by Gasteiger charge is 2.30. The predicted octanol–water partition coefficient (Wildman–Crippen LogP) is 1.56. The highest BCUT2D eigenvalue weighted by molar-refractivity contribution is 8.00. The second-order valence-corrected chi connectivity index (χ2v) is 11.1. The van der Waals surface area contributed by atoms with Crippen LogP contribution in [0, 0.1) is 0 Å². The lowest BCUT2D eigenvalue weighted by atomic mass is 10.1. The van der Waals surface area contributed by atoms with Crippen molar-refractivity contribution in [2.75, 3.05) is 12.8 Å². The Morgan fingerprint density at radius 2 is 2.00 bits per heavy atom. The van der Waals surface area contributed by atoms with Gasteiger partial charge in [-0.2, -0.15) is 12.6 Å². The Morgan fingerprint density at radius 1 is 1.38 bits per heavy atom. The van der Waals surface area contributed by atoms with Crippen molar-refractivity contribution in [3.05, 3.63) is 24.5 Å². The maximum Gasteiger partial charge on any atom is 0.320 e. The van der Waals surface area contributed by atoms with Gasteiger partial charge in [-0.25, -0.2) is 4.72 Å². The topological polar surface area (TPSA) is 80.3 Å². The second-order valence-electron chi connectivity index (χ2n) is 7.32. The van der Waals surface area contributed by atoms with Gasteiger partial charge in [-0.3, -0.25) is 19.3 Å². The number of nitrogens with zero attached hydrogens (tertiary/aromatic N) is 1. The van der Waals surface area contributed by atoms with Crippen molar-refractivity contribution in [1.29, 1.82) is 0 Å². The van der Waals surface area contributed by atoms with Crippen LogP contribution < -0.4 is 10.0 Å². The summed E-state index contributed by atoms with van der Waals surface area (Å²) in [6.45, 7) is 9.17. The van der Waals surface area contributed by atoms with Crippen LogP contribution >= 0.6 is 12.6 Å². The predicted molar refractivity (Wildman–Crippen MR) is 102 cm³/mol. The van der Waals surface area contributed by atoms with E-state index in [1.807, 2.05) is 34.6 Å². The Bertz CT molecular complexity index is 595. The third-order valence-electron chi connectivity index (χ3n) is 3.09. The van der Waals surface area contributed by atoms with Crippen LogP contribution in [0.4, 0.5) is 0 Å². The number of esters is 1. The van der Waals surface area contributed by atoms with Crippen molar-refractivity contribution < 1.29 is 13.7 Å². The van der Waals surface area contributed by atoms with Gasteiger partial charge in [-0.15, -0.1) is 0 Å². The number of hydrogen-bond donors (Lipinski definition) is 4. The summed E-state index contributed by atoms with van der Waals surface area (Å²) in [6, 6.07) is 3.50. The average Bonchev–Trinajstić information content (AvgIpc) is 2.41. The van der Waals surface area contributed by atoms with Crippen LogP contribution in [0.3, 0.4) is 0 Å². The zero-order valence-electron chi connectivity index (χ0n) is 15.2. The minimum atomic E-state index is -2.87. The first-order chi connectivity index (χ1) is 10.8. The minimum absolute atomic E-state index is 0.00797. The minimum Gasteiger partial charge on any atom is -0.459 e. The number of ether oxygens (including phenoxy) is 1. The van der Waals surface area contributed by atoms with E-state index in [1.54, 1.807) is 30.8 Å². The van der Waals surface area contributed by atoms with E-state index in [0.29, 0.717) is 4.90 Å². The Kier molecular flexibility index (Phi) is 6.98. The Morgan fingerprint density at radius 3 is 2.46 bits per heavy atom. The first-order valence-electron chi connectivity index (χ1n) is 7.75. The molecule has 0 spiro atoms. The largest absolute Gasteiger partial charge is 0.459 e. The van der Waals surface area contributed by atoms with Crippen LogP contribution in [0.15, 0.2) is 29.4 Å². The fourth-order valence-electron chi connectivity index (χ4n) is 1.94. The molecule has 0 amide bonds. The molecule has 0 fully saturated rings. The molecular formula is C16H29N3O3S2. The lowest BCUT2D eigenvalue weighted by molar-refractivity contribution is -0.153. The van der Waals surface area contributed by atoms with Crippen LogP contribution in [0.25, 0.3) is 0 Å². The molecule has 0 aliphatic rings. The second kappa shape index (κ2) is 7.95. The number of rotatable bonds is 7.